The summed E-state index contributed by atoms with van der Waals surface area (Å²) in [6.07, 6.45) is 0.0727. The van der Waals surface area contributed by atoms with Gasteiger partial charge in [0, 0.05) is 29.7 Å². The van der Waals surface area contributed by atoms with Crippen LogP contribution in [0.5, 0.6) is 5.75 Å². The fourth-order valence-electron chi connectivity index (χ4n) is 2.38. The Morgan fingerprint density at radius 2 is 1.82 bits per heavy atom. The molecule has 150 valence electrons. The van der Waals surface area contributed by atoms with Crippen LogP contribution < -0.4 is 15.4 Å². The maximum absolute atomic E-state index is 13.1. The van der Waals surface area contributed by atoms with Crippen molar-refractivity contribution in [2.75, 3.05) is 37.9 Å². The fraction of sp³-hybridized carbons (Fsp3) is 0.263. The summed E-state index contributed by atoms with van der Waals surface area (Å²) in [6, 6.07) is 7.98. The number of nitrogens with one attached hydrogen (secondary N) is 2. The molecule has 0 radical (unpaired) electrons. The molecule has 2 aromatic rings. The zero-order valence-corrected chi connectivity index (χ0v) is 16.1. The van der Waals surface area contributed by atoms with Gasteiger partial charge in [0.15, 0.2) is 11.6 Å². The topological polar surface area (TPSA) is 70.7 Å². The third-order valence-corrected chi connectivity index (χ3v) is 4.01. The third kappa shape index (κ3) is 6.47. The second-order valence-corrected chi connectivity index (χ2v) is 6.49. The molecule has 0 fully saturated rings. The van der Waals surface area contributed by atoms with E-state index in [-0.39, 0.29) is 37.0 Å². The summed E-state index contributed by atoms with van der Waals surface area (Å²) in [5.41, 5.74) is 0.613. The van der Waals surface area contributed by atoms with Crippen LogP contribution >= 0.6 is 11.6 Å². The number of hydrogen-bond acceptors (Lipinski definition) is 4. The smallest absolute Gasteiger partial charge is 0.238 e. The molecule has 9 heteroatoms. The number of hydrogen-bond donors (Lipinski definition) is 2. The van der Waals surface area contributed by atoms with Gasteiger partial charge in [0.25, 0.3) is 0 Å². The van der Waals surface area contributed by atoms with Gasteiger partial charge in [-0.3, -0.25) is 14.5 Å². The van der Waals surface area contributed by atoms with Crippen LogP contribution in [-0.2, 0) is 9.59 Å². The Balaban J connectivity index is 1.80. The number of rotatable bonds is 8. The third-order valence-electron chi connectivity index (χ3n) is 3.77. The van der Waals surface area contributed by atoms with E-state index in [0.29, 0.717) is 16.5 Å². The Bertz CT molecular complexity index is 864. The van der Waals surface area contributed by atoms with Crippen LogP contribution in [0.1, 0.15) is 6.42 Å². The van der Waals surface area contributed by atoms with E-state index in [2.05, 4.69) is 10.6 Å². The Hall–Kier alpha value is -2.71. The van der Waals surface area contributed by atoms with E-state index in [1.807, 2.05) is 0 Å². The molecule has 6 nitrogen and oxygen atoms in total. The monoisotopic (exact) mass is 411 g/mol. The first-order chi connectivity index (χ1) is 13.3. The van der Waals surface area contributed by atoms with Crippen molar-refractivity contribution < 1.29 is 23.1 Å². The second kappa shape index (κ2) is 10.0. The van der Waals surface area contributed by atoms with Gasteiger partial charge in [0.2, 0.25) is 11.8 Å². The SMILES string of the molecule is COc1ccc(Cl)cc1NC(=O)CN(C)CCC(=O)Nc1ccc(F)c(F)c1. The molecule has 0 aliphatic carbocycles. The second-order valence-electron chi connectivity index (χ2n) is 6.06. The minimum absolute atomic E-state index is 0.0358. The highest BCUT2D eigenvalue weighted by molar-refractivity contribution is 6.31. The average Bonchev–Trinajstić information content (AvgIpc) is 2.63. The highest BCUT2D eigenvalue weighted by Gasteiger charge is 2.12. The Kier molecular flexibility index (Phi) is 7.71. The number of likely N-dealkylation sites (N-methyl/N-ethyl adjacent to an activating group) is 1. The quantitative estimate of drug-likeness (QED) is 0.697. The van der Waals surface area contributed by atoms with Crippen molar-refractivity contribution in [2.24, 2.45) is 0 Å². The summed E-state index contributed by atoms with van der Waals surface area (Å²) in [5.74, 6) is -2.23. The molecular formula is C19H20ClF2N3O3. The molecular weight excluding hydrogens is 392 g/mol. The van der Waals surface area contributed by atoms with Crippen LogP contribution in [0, 0.1) is 11.6 Å². The van der Waals surface area contributed by atoms with E-state index < -0.39 is 11.6 Å². The molecule has 2 aromatic carbocycles. The normalized spacial score (nSPS) is 10.6. The highest BCUT2D eigenvalue weighted by atomic mass is 35.5. The van der Waals surface area contributed by atoms with E-state index >= 15 is 0 Å². The first-order valence-electron chi connectivity index (χ1n) is 8.35. The lowest BCUT2D eigenvalue weighted by atomic mass is 10.2. The molecule has 0 aromatic heterocycles. The van der Waals surface area contributed by atoms with Crippen LogP contribution in [-0.4, -0.2) is 44.0 Å². The molecule has 0 atom stereocenters. The van der Waals surface area contributed by atoms with Crippen molar-refractivity contribution in [1.82, 2.24) is 4.90 Å². The van der Waals surface area contributed by atoms with Gasteiger partial charge >= 0.3 is 0 Å². The van der Waals surface area contributed by atoms with E-state index in [1.165, 1.54) is 13.2 Å². The maximum atomic E-state index is 13.1. The zero-order chi connectivity index (χ0) is 20.7. The van der Waals surface area contributed by atoms with Gasteiger partial charge in [-0.2, -0.15) is 0 Å². The summed E-state index contributed by atoms with van der Waals surface area (Å²) in [7, 11) is 3.16. The van der Waals surface area contributed by atoms with Crippen LogP contribution in [0.25, 0.3) is 0 Å². The Labute approximate surface area is 166 Å². The predicted molar refractivity (Wildman–Crippen MR) is 104 cm³/mol. The fourth-order valence-corrected chi connectivity index (χ4v) is 2.55. The van der Waals surface area contributed by atoms with Crippen molar-refractivity contribution in [3.63, 3.8) is 0 Å². The standard InChI is InChI=1S/C19H20ClF2N3O3/c1-25(8-7-18(26)23-13-4-5-14(21)15(22)10-13)11-19(27)24-16-9-12(20)3-6-17(16)28-2/h3-6,9-10H,7-8,11H2,1-2H3,(H,23,26)(H,24,27). The molecule has 0 bridgehead atoms. The molecule has 0 heterocycles. The van der Waals surface area contributed by atoms with Crippen molar-refractivity contribution in [3.8, 4) is 5.75 Å². The summed E-state index contributed by atoms with van der Waals surface area (Å²) in [6.45, 7) is 0.323. The number of carbonyl (C=O) groups excluding carboxylic acids is 2. The Morgan fingerprint density at radius 1 is 1.07 bits per heavy atom. The molecule has 0 spiro atoms. The summed E-state index contributed by atoms with van der Waals surface area (Å²) >= 11 is 5.93. The lowest BCUT2D eigenvalue weighted by molar-refractivity contribution is -0.119. The zero-order valence-electron chi connectivity index (χ0n) is 15.4. The number of nitrogens with zero attached hydrogens (tertiary/aromatic N) is 1. The molecule has 28 heavy (non-hydrogen) atoms. The average molecular weight is 412 g/mol. The highest BCUT2D eigenvalue weighted by Crippen LogP contribution is 2.27. The van der Waals surface area contributed by atoms with E-state index in [1.54, 1.807) is 30.1 Å². The Morgan fingerprint density at radius 3 is 2.50 bits per heavy atom. The van der Waals surface area contributed by atoms with Gasteiger partial charge in [-0.05, 0) is 37.4 Å². The van der Waals surface area contributed by atoms with Gasteiger partial charge in [-0.1, -0.05) is 11.6 Å². The molecule has 0 unspecified atom stereocenters. The van der Waals surface area contributed by atoms with Gasteiger partial charge in [0.1, 0.15) is 5.75 Å². The molecule has 2 amide bonds. The van der Waals surface area contributed by atoms with Crippen LogP contribution in [0.4, 0.5) is 20.2 Å². The number of methoxy groups -OCH3 is 1. The molecule has 0 saturated carbocycles. The first kappa shape index (κ1) is 21.6. The van der Waals surface area contributed by atoms with E-state index in [9.17, 15) is 18.4 Å². The van der Waals surface area contributed by atoms with E-state index in [4.69, 9.17) is 16.3 Å². The van der Waals surface area contributed by atoms with Gasteiger partial charge in [-0.15, -0.1) is 0 Å². The van der Waals surface area contributed by atoms with Gasteiger partial charge in [-0.25, -0.2) is 8.78 Å². The van der Waals surface area contributed by atoms with Crippen LogP contribution in [0.2, 0.25) is 5.02 Å². The number of anilines is 2. The van der Waals surface area contributed by atoms with Crippen molar-refractivity contribution in [3.05, 3.63) is 53.1 Å². The predicted octanol–water partition coefficient (Wildman–Crippen LogP) is 3.53. The molecule has 0 saturated heterocycles. The van der Waals surface area contributed by atoms with E-state index in [0.717, 1.165) is 12.1 Å². The minimum atomic E-state index is -1.04. The largest absolute Gasteiger partial charge is 0.495 e. The first-order valence-corrected chi connectivity index (χ1v) is 8.73. The summed E-state index contributed by atoms with van der Waals surface area (Å²) in [5, 5.41) is 5.64. The number of amides is 2. The molecule has 0 aliphatic heterocycles. The number of carbonyl (C=O) groups is 2. The molecule has 2 N–H and O–H groups in total. The number of ether oxygens (including phenoxy) is 1. The molecule has 0 aliphatic rings. The van der Waals surface area contributed by atoms with Crippen LogP contribution in [0.3, 0.4) is 0 Å². The summed E-state index contributed by atoms with van der Waals surface area (Å²) < 4.78 is 31.2. The number of halogens is 3. The lowest BCUT2D eigenvalue weighted by Gasteiger charge is -2.17. The van der Waals surface area contributed by atoms with Crippen molar-refractivity contribution in [1.29, 1.82) is 0 Å². The number of benzene rings is 2. The van der Waals surface area contributed by atoms with Crippen LogP contribution in [0.15, 0.2) is 36.4 Å². The van der Waals surface area contributed by atoms with Gasteiger partial charge < -0.3 is 15.4 Å². The minimum Gasteiger partial charge on any atom is -0.495 e. The lowest BCUT2D eigenvalue weighted by Crippen LogP contribution is -2.32. The summed E-state index contributed by atoms with van der Waals surface area (Å²) in [4.78, 5) is 25.8. The maximum Gasteiger partial charge on any atom is 0.238 e. The van der Waals surface area contributed by atoms with Crippen molar-refractivity contribution >= 4 is 34.8 Å². The molecule has 2 rings (SSSR count). The van der Waals surface area contributed by atoms with Crippen molar-refractivity contribution in [2.45, 2.75) is 6.42 Å². The van der Waals surface area contributed by atoms with Gasteiger partial charge in [0.05, 0.1) is 19.3 Å².